The number of urea groups is 1. The molecule has 0 aromatic heterocycles. The molecule has 2 rings (SSSR count). The maximum absolute atomic E-state index is 11.0. The number of azo groups is 1. The first-order chi connectivity index (χ1) is 5.29. The van der Waals surface area contributed by atoms with E-state index in [0.29, 0.717) is 10.8 Å². The van der Waals surface area contributed by atoms with Gasteiger partial charge < -0.3 is 0 Å². The molecule has 0 aromatic carbocycles. The number of halogens is 1. The first-order valence-corrected chi connectivity index (χ1v) is 3.75. The lowest BCUT2D eigenvalue weighted by molar-refractivity contribution is 0.233. The van der Waals surface area contributed by atoms with E-state index in [0.717, 1.165) is 0 Å². The summed E-state index contributed by atoms with van der Waals surface area (Å²) in [5.41, 5.74) is 0. The van der Waals surface area contributed by atoms with Crippen molar-refractivity contribution in [1.82, 2.24) is 4.90 Å². The number of carbonyl (C=O) groups is 1. The predicted octanol–water partition coefficient (Wildman–Crippen LogP) is 2.17. The quantitative estimate of drug-likeness (QED) is 0.568. The summed E-state index contributed by atoms with van der Waals surface area (Å²) in [7, 11) is 0. The first kappa shape index (κ1) is 6.72. The molecule has 0 spiro atoms. The minimum absolute atomic E-state index is 0.354. The minimum atomic E-state index is -0.354. The Balaban J connectivity index is 2.40. The van der Waals surface area contributed by atoms with E-state index >= 15 is 0 Å². The molecule has 2 heterocycles. The van der Waals surface area contributed by atoms with Crippen molar-refractivity contribution < 1.29 is 4.79 Å². The fourth-order valence-electron chi connectivity index (χ4n) is 0.878. The van der Waals surface area contributed by atoms with E-state index < -0.39 is 0 Å². The number of fused-ring (bicyclic) bond motifs is 1. The van der Waals surface area contributed by atoms with Crippen LogP contribution >= 0.6 is 15.9 Å². The van der Waals surface area contributed by atoms with Gasteiger partial charge in [0.05, 0.1) is 0 Å². The lowest BCUT2D eigenvalue weighted by Crippen LogP contribution is -2.24. The molecule has 2 aliphatic heterocycles. The molecule has 0 aliphatic carbocycles. The second-order valence-corrected chi connectivity index (χ2v) is 2.84. The third-order valence-corrected chi connectivity index (χ3v) is 1.97. The summed E-state index contributed by atoms with van der Waals surface area (Å²) >= 11 is 3.21. The Labute approximate surface area is 71.4 Å². The lowest BCUT2D eigenvalue weighted by Gasteiger charge is -2.18. The molecule has 0 unspecified atom stereocenters. The smallest absolute Gasteiger partial charge is 0.250 e. The van der Waals surface area contributed by atoms with E-state index in [1.165, 1.54) is 4.90 Å². The van der Waals surface area contributed by atoms with Crippen LogP contribution in [0.4, 0.5) is 4.79 Å². The summed E-state index contributed by atoms with van der Waals surface area (Å²) in [6, 6.07) is -0.354. The fourth-order valence-corrected chi connectivity index (χ4v) is 1.36. The van der Waals surface area contributed by atoms with Gasteiger partial charge in [0.2, 0.25) is 0 Å². The molecule has 2 amide bonds. The largest absolute Gasteiger partial charge is 0.369 e. The molecular formula is C6H3BrN3O. The summed E-state index contributed by atoms with van der Waals surface area (Å²) in [6.45, 7) is 0. The average Bonchev–Trinajstić information content (AvgIpc) is 2.34. The number of hydrogen-bond donors (Lipinski definition) is 0. The van der Waals surface area contributed by atoms with Gasteiger partial charge in [0, 0.05) is 0 Å². The van der Waals surface area contributed by atoms with E-state index in [2.05, 4.69) is 26.2 Å². The van der Waals surface area contributed by atoms with Crippen molar-refractivity contribution in [3.8, 4) is 0 Å². The molecule has 0 aromatic rings. The van der Waals surface area contributed by atoms with Crippen molar-refractivity contribution in [3.63, 3.8) is 0 Å². The zero-order valence-corrected chi connectivity index (χ0v) is 6.95. The maximum atomic E-state index is 11.0. The average molecular weight is 213 g/mol. The number of rotatable bonds is 0. The van der Waals surface area contributed by atoms with Gasteiger partial charge in [0.15, 0.2) is 10.8 Å². The summed E-state index contributed by atoms with van der Waals surface area (Å²) in [4.78, 5) is 13.0. The Bertz CT molecular complexity index is 294. The highest BCUT2D eigenvalue weighted by Gasteiger charge is 2.30. The molecule has 0 atom stereocenters. The summed E-state index contributed by atoms with van der Waals surface area (Å²) in [5.74, 6) is 0.560. The molecule has 4 nitrogen and oxygen atoms in total. The van der Waals surface area contributed by atoms with Crippen LogP contribution < -0.4 is 0 Å². The van der Waals surface area contributed by atoms with Gasteiger partial charge in [-0.3, -0.25) is 4.90 Å². The van der Waals surface area contributed by atoms with Crippen molar-refractivity contribution in [3.05, 3.63) is 29.0 Å². The van der Waals surface area contributed by atoms with Gasteiger partial charge in [-0.2, -0.15) is 0 Å². The van der Waals surface area contributed by atoms with Crippen molar-refractivity contribution >= 4 is 22.0 Å². The van der Waals surface area contributed by atoms with Gasteiger partial charge in [-0.15, -0.1) is 5.11 Å². The molecule has 0 fully saturated rings. The van der Waals surface area contributed by atoms with Gasteiger partial charge in [0.25, 0.3) is 0 Å². The molecule has 0 bridgehead atoms. The maximum Gasteiger partial charge on any atom is 0.369 e. The van der Waals surface area contributed by atoms with Gasteiger partial charge >= 0.3 is 6.03 Å². The molecule has 55 valence electrons. The van der Waals surface area contributed by atoms with Crippen LogP contribution in [0.2, 0.25) is 0 Å². The minimum Gasteiger partial charge on any atom is -0.250 e. The molecule has 11 heavy (non-hydrogen) atoms. The Morgan fingerprint density at radius 3 is 3.00 bits per heavy atom. The zero-order valence-electron chi connectivity index (χ0n) is 5.36. The van der Waals surface area contributed by atoms with Gasteiger partial charge in [-0.25, -0.2) is 4.79 Å². The van der Waals surface area contributed by atoms with Crippen LogP contribution in [-0.2, 0) is 0 Å². The van der Waals surface area contributed by atoms with Crippen molar-refractivity contribution in [2.24, 2.45) is 10.2 Å². The molecule has 0 saturated carbocycles. The van der Waals surface area contributed by atoms with Gasteiger partial charge in [0.1, 0.15) is 0 Å². The summed E-state index contributed by atoms with van der Waals surface area (Å²) in [5, 5.41) is 7.03. The third-order valence-electron chi connectivity index (χ3n) is 1.35. The van der Waals surface area contributed by atoms with Crippen LogP contribution in [0.25, 0.3) is 0 Å². The van der Waals surface area contributed by atoms with Crippen LogP contribution in [-0.4, -0.2) is 10.9 Å². The fraction of sp³-hybridized carbons (Fsp3) is 0. The highest BCUT2D eigenvalue weighted by atomic mass is 79.9. The van der Waals surface area contributed by atoms with E-state index in [4.69, 9.17) is 0 Å². The monoisotopic (exact) mass is 212 g/mol. The van der Waals surface area contributed by atoms with Crippen LogP contribution in [0.5, 0.6) is 0 Å². The molecule has 5 heteroatoms. The number of amides is 2. The number of hydrogen-bond acceptors (Lipinski definition) is 2. The van der Waals surface area contributed by atoms with Gasteiger partial charge in [-0.1, -0.05) is 27.1 Å². The molecule has 2 aliphatic rings. The molecular weight excluding hydrogens is 210 g/mol. The zero-order chi connectivity index (χ0) is 7.84. The Kier molecular flexibility index (Phi) is 1.38. The van der Waals surface area contributed by atoms with E-state index in [1.54, 1.807) is 18.2 Å². The topological polar surface area (TPSA) is 45.0 Å². The lowest BCUT2D eigenvalue weighted by atomic mass is 10.3. The van der Waals surface area contributed by atoms with E-state index in [-0.39, 0.29) is 6.03 Å². The first-order valence-electron chi connectivity index (χ1n) is 2.96. The SMILES string of the molecule is O=C1N=NC2=CC=C[C](Br)N12. The number of carbonyl (C=O) groups excluding carboxylic acids is 1. The Morgan fingerprint density at radius 1 is 1.45 bits per heavy atom. The third kappa shape index (κ3) is 0.920. The van der Waals surface area contributed by atoms with Crippen LogP contribution in [0.1, 0.15) is 0 Å². The molecule has 0 saturated heterocycles. The molecule has 0 N–H and O–H groups in total. The standard InChI is InChI=1S/C6H3BrN3O/c7-4-2-1-3-5-8-9-6(11)10(4)5/h1-3H. The van der Waals surface area contributed by atoms with Crippen molar-refractivity contribution in [2.75, 3.05) is 0 Å². The highest BCUT2D eigenvalue weighted by Crippen LogP contribution is 2.31. The summed E-state index contributed by atoms with van der Waals surface area (Å²) < 4.78 is 0. The Hall–Kier alpha value is -0.970. The van der Waals surface area contributed by atoms with E-state index in [9.17, 15) is 4.79 Å². The number of allylic oxidation sites excluding steroid dienone is 2. The number of nitrogens with zero attached hydrogens (tertiary/aromatic N) is 3. The van der Waals surface area contributed by atoms with Crippen LogP contribution in [0.15, 0.2) is 34.3 Å². The van der Waals surface area contributed by atoms with E-state index in [1.807, 2.05) is 0 Å². The second-order valence-electron chi connectivity index (χ2n) is 2.02. The Morgan fingerprint density at radius 2 is 2.27 bits per heavy atom. The van der Waals surface area contributed by atoms with Crippen molar-refractivity contribution in [1.29, 1.82) is 0 Å². The van der Waals surface area contributed by atoms with Crippen LogP contribution in [0, 0.1) is 4.95 Å². The van der Waals surface area contributed by atoms with Crippen LogP contribution in [0.3, 0.4) is 0 Å². The van der Waals surface area contributed by atoms with Gasteiger partial charge in [-0.05, 0) is 12.2 Å². The molecule has 1 radical (unpaired) electrons. The predicted molar refractivity (Wildman–Crippen MR) is 41.5 cm³/mol. The highest BCUT2D eigenvalue weighted by molar-refractivity contribution is 9.11. The normalized spacial score (nSPS) is 22.5. The second kappa shape index (κ2) is 2.27. The van der Waals surface area contributed by atoms with Crippen molar-refractivity contribution in [2.45, 2.75) is 0 Å². The summed E-state index contributed by atoms with van der Waals surface area (Å²) in [6.07, 6.45) is 5.28.